The predicted octanol–water partition coefficient (Wildman–Crippen LogP) is 6.74. The van der Waals surface area contributed by atoms with Gasteiger partial charge in [-0.1, -0.05) is 50.8 Å². The number of sulfonamides is 1. The molecule has 2 aromatic carbocycles. The highest BCUT2D eigenvalue weighted by Gasteiger charge is 2.33. The number of anilines is 1. The Balaban J connectivity index is 1.52. The van der Waals surface area contributed by atoms with Gasteiger partial charge in [0.2, 0.25) is 5.91 Å². The van der Waals surface area contributed by atoms with E-state index >= 15 is 0 Å². The number of carbonyl (C=O) groups excluding carboxylic acids is 1. The predicted molar refractivity (Wildman–Crippen MR) is 156 cm³/mol. The third-order valence-corrected chi connectivity index (χ3v) is 10.9. The summed E-state index contributed by atoms with van der Waals surface area (Å²) in [5.41, 5.74) is 3.09. The zero-order valence-corrected chi connectivity index (χ0v) is 24.7. The van der Waals surface area contributed by atoms with Crippen molar-refractivity contribution < 1.29 is 17.9 Å². The molecule has 0 spiro atoms. The zero-order chi connectivity index (χ0) is 27.6. The largest absolute Gasteiger partial charge is 0.487 e. The van der Waals surface area contributed by atoms with E-state index in [1.807, 2.05) is 32.0 Å². The molecule has 8 heteroatoms. The molecule has 6 nitrogen and oxygen atoms in total. The number of hydrogen-bond donors (Lipinski definition) is 1. The Labute approximate surface area is 238 Å². The molecule has 4 atom stereocenters. The minimum atomic E-state index is -4.02. The molecule has 0 unspecified atom stereocenters. The molecule has 0 aromatic heterocycles. The molecule has 1 amide bonds. The first kappa shape index (κ1) is 28.3. The summed E-state index contributed by atoms with van der Waals surface area (Å²) >= 11 is 6.30. The normalized spacial score (nSPS) is 28.0. The smallest absolute Gasteiger partial charge is 0.264 e. The highest BCUT2D eigenvalue weighted by atomic mass is 35.5. The molecule has 2 aromatic rings. The molecule has 2 heterocycles. The third-order valence-electron chi connectivity index (χ3n) is 9.27. The van der Waals surface area contributed by atoms with Gasteiger partial charge in [-0.2, -0.15) is 0 Å². The summed E-state index contributed by atoms with van der Waals surface area (Å²) in [4.78, 5) is 15.4. The van der Waals surface area contributed by atoms with Crippen LogP contribution in [0.5, 0.6) is 5.75 Å². The number of amides is 1. The van der Waals surface area contributed by atoms with Gasteiger partial charge in [0.15, 0.2) is 0 Å². The number of benzene rings is 2. The molecule has 1 aliphatic carbocycles. The van der Waals surface area contributed by atoms with Gasteiger partial charge in [-0.25, -0.2) is 13.1 Å². The topological polar surface area (TPSA) is 75.7 Å². The summed E-state index contributed by atoms with van der Waals surface area (Å²) in [6.45, 7) is 5.98. The van der Waals surface area contributed by atoms with Gasteiger partial charge in [0, 0.05) is 24.0 Å². The molecule has 1 fully saturated rings. The average Bonchev–Trinajstić information content (AvgIpc) is 2.92. The highest BCUT2D eigenvalue weighted by Crippen LogP contribution is 2.41. The minimum Gasteiger partial charge on any atom is -0.487 e. The molecule has 1 N–H and O–H groups in total. The van der Waals surface area contributed by atoms with Gasteiger partial charge in [-0.3, -0.25) is 4.79 Å². The summed E-state index contributed by atoms with van der Waals surface area (Å²) in [5, 5.41) is 0.728. The van der Waals surface area contributed by atoms with Crippen LogP contribution in [0, 0.1) is 23.7 Å². The Morgan fingerprint density at radius 3 is 2.51 bits per heavy atom. The summed E-state index contributed by atoms with van der Waals surface area (Å²) < 4.78 is 35.5. The third kappa shape index (κ3) is 6.57. The van der Waals surface area contributed by atoms with Crippen LogP contribution in [0.4, 0.5) is 5.69 Å². The van der Waals surface area contributed by atoms with E-state index in [1.54, 1.807) is 18.2 Å². The minimum absolute atomic E-state index is 0.0994. The van der Waals surface area contributed by atoms with Crippen molar-refractivity contribution in [1.82, 2.24) is 4.72 Å². The van der Waals surface area contributed by atoms with Crippen molar-refractivity contribution in [3.8, 4) is 5.75 Å². The van der Waals surface area contributed by atoms with Crippen molar-refractivity contribution in [3.63, 3.8) is 0 Å². The van der Waals surface area contributed by atoms with Gasteiger partial charge in [0.25, 0.3) is 10.0 Å². The SMILES string of the molecule is C[C@H]1CCCC[C@@H]2CC[C@H]2CN2CCCCc3cc(Cl)ccc3COc3ccc(cc32)S(=O)(=O)NC(=O)[C@@H]1C. The van der Waals surface area contributed by atoms with E-state index in [0.29, 0.717) is 24.2 Å². The van der Waals surface area contributed by atoms with E-state index in [0.717, 1.165) is 67.9 Å². The lowest BCUT2D eigenvalue weighted by Crippen LogP contribution is -2.39. The summed E-state index contributed by atoms with van der Waals surface area (Å²) in [6.07, 6.45) is 9.77. The zero-order valence-electron chi connectivity index (χ0n) is 23.1. The lowest BCUT2D eigenvalue weighted by molar-refractivity contribution is -0.124. The summed E-state index contributed by atoms with van der Waals surface area (Å²) in [5.74, 6) is 1.28. The van der Waals surface area contributed by atoms with Crippen molar-refractivity contribution in [2.75, 3.05) is 18.0 Å². The van der Waals surface area contributed by atoms with E-state index in [1.165, 1.54) is 24.8 Å². The number of nitrogens with zero attached hydrogens (tertiary/aromatic N) is 1. The molecule has 0 radical (unpaired) electrons. The molecule has 0 saturated heterocycles. The van der Waals surface area contributed by atoms with Gasteiger partial charge in [-0.05, 0) is 97.7 Å². The van der Waals surface area contributed by atoms with Crippen molar-refractivity contribution >= 4 is 33.2 Å². The van der Waals surface area contributed by atoms with Crippen LogP contribution in [0.1, 0.15) is 76.3 Å². The fourth-order valence-corrected chi connectivity index (χ4v) is 7.57. The number of hydrogen-bond acceptors (Lipinski definition) is 5. The van der Waals surface area contributed by atoms with E-state index < -0.39 is 15.9 Å². The maximum Gasteiger partial charge on any atom is 0.264 e. The maximum absolute atomic E-state index is 13.4. The molecule has 2 bridgehead atoms. The van der Waals surface area contributed by atoms with Crippen molar-refractivity contribution in [2.45, 2.75) is 83.1 Å². The van der Waals surface area contributed by atoms with Crippen molar-refractivity contribution in [1.29, 1.82) is 0 Å². The Morgan fingerprint density at radius 1 is 0.923 bits per heavy atom. The van der Waals surface area contributed by atoms with Crippen LogP contribution in [0.3, 0.4) is 0 Å². The Morgan fingerprint density at radius 2 is 1.72 bits per heavy atom. The average molecular weight is 573 g/mol. The molecule has 39 heavy (non-hydrogen) atoms. The second-order valence-corrected chi connectivity index (χ2v) is 14.0. The van der Waals surface area contributed by atoms with E-state index in [2.05, 4.69) is 9.62 Å². The molecule has 5 rings (SSSR count). The quantitative estimate of drug-likeness (QED) is 0.378. The molecule has 2 aliphatic heterocycles. The van der Waals surface area contributed by atoms with Crippen molar-refractivity contribution in [2.24, 2.45) is 23.7 Å². The van der Waals surface area contributed by atoms with E-state index in [9.17, 15) is 13.2 Å². The summed E-state index contributed by atoms with van der Waals surface area (Å²) in [6, 6.07) is 11.0. The molecular weight excluding hydrogens is 532 g/mol. The van der Waals surface area contributed by atoms with Crippen LogP contribution in [0.2, 0.25) is 5.02 Å². The highest BCUT2D eigenvalue weighted by molar-refractivity contribution is 7.90. The monoisotopic (exact) mass is 572 g/mol. The summed E-state index contributed by atoms with van der Waals surface area (Å²) in [7, 11) is -4.02. The number of nitrogens with one attached hydrogen (secondary N) is 1. The lowest BCUT2D eigenvalue weighted by atomic mass is 9.70. The van der Waals surface area contributed by atoms with Crippen LogP contribution in [-0.4, -0.2) is 27.4 Å². The number of aryl methyl sites for hydroxylation is 1. The Bertz CT molecular complexity index is 1300. The number of carbonyl (C=O) groups is 1. The maximum atomic E-state index is 13.4. The van der Waals surface area contributed by atoms with Crippen LogP contribution < -0.4 is 14.4 Å². The number of ether oxygens (including phenoxy) is 1. The number of rotatable bonds is 0. The first-order chi connectivity index (χ1) is 18.7. The second kappa shape index (κ2) is 12.1. The van der Waals surface area contributed by atoms with Gasteiger partial charge in [0.1, 0.15) is 12.4 Å². The molecule has 1 saturated carbocycles. The van der Waals surface area contributed by atoms with E-state index in [-0.39, 0.29) is 16.7 Å². The molecular formula is C31H41ClN2O4S. The molecule has 212 valence electrons. The Hall–Kier alpha value is -2.25. The first-order valence-corrected chi connectivity index (χ1v) is 16.4. The first-order valence-electron chi connectivity index (χ1n) is 14.6. The van der Waals surface area contributed by atoms with Crippen LogP contribution in [-0.2, 0) is 27.8 Å². The number of fused-ring (bicyclic) bond motifs is 3. The number of halogens is 1. The van der Waals surface area contributed by atoms with Gasteiger partial charge < -0.3 is 9.64 Å². The van der Waals surface area contributed by atoms with Crippen molar-refractivity contribution in [3.05, 3.63) is 52.5 Å². The fraction of sp³-hybridized carbons (Fsp3) is 0.581. The van der Waals surface area contributed by atoms with Crippen LogP contribution in [0.15, 0.2) is 41.3 Å². The van der Waals surface area contributed by atoms with Crippen LogP contribution in [0.25, 0.3) is 0 Å². The van der Waals surface area contributed by atoms with E-state index in [4.69, 9.17) is 16.3 Å². The van der Waals surface area contributed by atoms with Crippen LogP contribution >= 0.6 is 11.6 Å². The van der Waals surface area contributed by atoms with Gasteiger partial charge in [0.05, 0.1) is 10.6 Å². The molecule has 3 aliphatic rings. The lowest BCUT2D eigenvalue weighted by Gasteiger charge is -2.41. The Kier molecular flexibility index (Phi) is 8.77. The standard InChI is InChI=1S/C31H41ClN2O4S/c1-21-7-3-4-8-23-10-11-25(23)19-34-16-6-5-9-24-17-27(32)13-12-26(24)20-38-30-15-14-28(18-29(30)34)39(36,37)33-31(35)22(21)2/h12-15,17-18,21-23,25H,3-11,16,19-20H2,1-2H3,(H,33,35)/t21-,22+,23+,25-/m0/s1. The van der Waals surface area contributed by atoms with Gasteiger partial charge >= 0.3 is 0 Å². The second-order valence-electron chi connectivity index (χ2n) is 11.9. The van der Waals surface area contributed by atoms with Gasteiger partial charge in [-0.15, -0.1) is 0 Å². The fourth-order valence-electron chi connectivity index (χ4n) is 6.29.